The van der Waals surface area contributed by atoms with Crippen molar-refractivity contribution in [3.8, 4) is 11.3 Å². The summed E-state index contributed by atoms with van der Waals surface area (Å²) in [7, 11) is 0. The Morgan fingerprint density at radius 2 is 1.86 bits per heavy atom. The Morgan fingerprint density at radius 1 is 1.03 bits per heavy atom. The van der Waals surface area contributed by atoms with E-state index in [1.54, 1.807) is 30.3 Å². The Hall–Kier alpha value is -4.79. The Morgan fingerprint density at radius 3 is 2.67 bits per heavy atom. The van der Waals surface area contributed by atoms with Crippen LogP contribution in [0.15, 0.2) is 104 Å². The molecule has 0 aliphatic carbocycles. The number of fused-ring (bicyclic) bond motifs is 1. The third kappa shape index (κ3) is 3.90. The smallest absolute Gasteiger partial charge is 0.267 e. The van der Waals surface area contributed by atoms with E-state index in [1.807, 2.05) is 30.3 Å². The zero-order chi connectivity index (χ0) is 24.6. The van der Waals surface area contributed by atoms with Crippen LogP contribution in [0, 0.1) is 5.82 Å². The maximum absolute atomic E-state index is 14.3. The Balaban J connectivity index is 1.33. The zero-order valence-electron chi connectivity index (χ0n) is 18.9. The summed E-state index contributed by atoms with van der Waals surface area (Å²) < 4.78 is 26.8. The van der Waals surface area contributed by atoms with Crippen LogP contribution in [0.2, 0.25) is 0 Å². The van der Waals surface area contributed by atoms with E-state index in [0.29, 0.717) is 23.7 Å². The van der Waals surface area contributed by atoms with E-state index >= 15 is 0 Å². The average Bonchev–Trinajstić information content (AvgIpc) is 3.64. The fourth-order valence-electron chi connectivity index (χ4n) is 4.29. The first-order valence-electron chi connectivity index (χ1n) is 11.3. The molecule has 5 aromatic rings. The molecule has 1 aliphatic rings. The lowest BCUT2D eigenvalue weighted by Crippen LogP contribution is -2.34. The van der Waals surface area contributed by atoms with Gasteiger partial charge in [0.05, 0.1) is 12.0 Å². The Kier molecular flexibility index (Phi) is 5.29. The minimum Gasteiger partial charge on any atom is -0.467 e. The minimum absolute atomic E-state index is 0.235. The SMILES string of the molecule is O=C(Cn1nc(-c2ccccc2F)ccc1=O)N1N=C(c2cc3ccccc3o2)CC1c1ccco1. The molecule has 2 aromatic carbocycles. The maximum atomic E-state index is 14.3. The van der Waals surface area contributed by atoms with E-state index in [4.69, 9.17) is 8.83 Å². The van der Waals surface area contributed by atoms with Gasteiger partial charge in [-0.3, -0.25) is 9.59 Å². The molecule has 4 heterocycles. The van der Waals surface area contributed by atoms with E-state index in [9.17, 15) is 14.0 Å². The molecule has 9 heteroatoms. The molecule has 36 heavy (non-hydrogen) atoms. The number of furan rings is 2. The van der Waals surface area contributed by atoms with E-state index in [-0.39, 0.29) is 17.8 Å². The fourth-order valence-corrected chi connectivity index (χ4v) is 4.29. The number of para-hydroxylation sites is 1. The second-order valence-electron chi connectivity index (χ2n) is 8.36. The van der Waals surface area contributed by atoms with Gasteiger partial charge in [-0.1, -0.05) is 30.3 Å². The molecule has 1 unspecified atom stereocenters. The number of aromatic nitrogens is 2. The second-order valence-corrected chi connectivity index (χ2v) is 8.36. The molecule has 1 aliphatic heterocycles. The van der Waals surface area contributed by atoms with Gasteiger partial charge in [0, 0.05) is 23.4 Å². The van der Waals surface area contributed by atoms with Crippen molar-refractivity contribution in [1.82, 2.24) is 14.8 Å². The number of carbonyl (C=O) groups excluding carboxylic acids is 1. The van der Waals surface area contributed by atoms with Gasteiger partial charge in [0.15, 0.2) is 5.76 Å². The number of amides is 1. The van der Waals surface area contributed by atoms with E-state index in [1.165, 1.54) is 29.5 Å². The number of rotatable bonds is 5. The molecule has 0 fully saturated rings. The number of carbonyl (C=O) groups is 1. The predicted molar refractivity (Wildman–Crippen MR) is 130 cm³/mol. The van der Waals surface area contributed by atoms with Gasteiger partial charge in [-0.05, 0) is 42.5 Å². The van der Waals surface area contributed by atoms with Gasteiger partial charge in [-0.25, -0.2) is 14.1 Å². The summed E-state index contributed by atoms with van der Waals surface area (Å²) in [6.07, 6.45) is 1.90. The topological polar surface area (TPSA) is 93.8 Å². The third-order valence-electron chi connectivity index (χ3n) is 6.05. The Labute approximate surface area is 203 Å². The second kappa shape index (κ2) is 8.77. The highest BCUT2D eigenvalue weighted by Crippen LogP contribution is 2.34. The molecule has 0 N–H and O–H groups in total. The molecule has 8 nitrogen and oxygen atoms in total. The van der Waals surface area contributed by atoms with Crippen molar-refractivity contribution < 1.29 is 18.0 Å². The summed E-state index contributed by atoms with van der Waals surface area (Å²) in [4.78, 5) is 25.9. The molecule has 0 radical (unpaired) electrons. The molecule has 1 amide bonds. The van der Waals surface area contributed by atoms with Crippen LogP contribution in [0.5, 0.6) is 0 Å². The quantitative estimate of drug-likeness (QED) is 0.360. The van der Waals surface area contributed by atoms with Gasteiger partial charge in [-0.2, -0.15) is 10.2 Å². The van der Waals surface area contributed by atoms with Crippen LogP contribution in [0.3, 0.4) is 0 Å². The molecular formula is C27H19FN4O4. The van der Waals surface area contributed by atoms with Crippen molar-refractivity contribution >= 4 is 22.6 Å². The molecule has 1 atom stereocenters. The number of benzene rings is 2. The van der Waals surface area contributed by atoms with Crippen molar-refractivity contribution in [2.24, 2.45) is 5.10 Å². The van der Waals surface area contributed by atoms with Crippen LogP contribution >= 0.6 is 0 Å². The van der Waals surface area contributed by atoms with Crippen LogP contribution in [0.25, 0.3) is 22.2 Å². The van der Waals surface area contributed by atoms with Crippen molar-refractivity contribution in [2.45, 2.75) is 19.0 Å². The third-order valence-corrected chi connectivity index (χ3v) is 6.05. The number of hydrogen-bond acceptors (Lipinski definition) is 6. The number of hydrogen-bond donors (Lipinski definition) is 0. The van der Waals surface area contributed by atoms with Crippen LogP contribution in [-0.4, -0.2) is 26.4 Å². The van der Waals surface area contributed by atoms with Crippen molar-refractivity contribution in [3.63, 3.8) is 0 Å². The van der Waals surface area contributed by atoms with Crippen LogP contribution < -0.4 is 5.56 Å². The summed E-state index contributed by atoms with van der Waals surface area (Å²) in [5.41, 5.74) is 1.30. The zero-order valence-corrected chi connectivity index (χ0v) is 18.9. The van der Waals surface area contributed by atoms with Gasteiger partial charge in [0.1, 0.15) is 35.5 Å². The summed E-state index contributed by atoms with van der Waals surface area (Å²) >= 11 is 0. The standard InChI is InChI=1S/C27H19FN4O4/c28-19-8-3-2-7-18(19)20-11-12-26(33)31(29-20)16-27(34)32-22(24-10-5-13-35-24)15-21(30-32)25-14-17-6-1-4-9-23(17)36-25/h1-14,22H,15-16H2. The van der Waals surface area contributed by atoms with E-state index in [2.05, 4.69) is 10.2 Å². The van der Waals surface area contributed by atoms with Crippen LogP contribution in [-0.2, 0) is 11.3 Å². The Bertz CT molecular complexity index is 1640. The maximum Gasteiger partial charge on any atom is 0.267 e. The summed E-state index contributed by atoms with van der Waals surface area (Å²) in [6, 6.07) is 21.3. The molecule has 3 aromatic heterocycles. The first-order chi connectivity index (χ1) is 17.6. The van der Waals surface area contributed by atoms with Crippen molar-refractivity contribution in [3.05, 3.63) is 113 Å². The number of nitrogens with zero attached hydrogens (tertiary/aromatic N) is 4. The van der Waals surface area contributed by atoms with E-state index in [0.717, 1.165) is 15.7 Å². The molecule has 0 saturated carbocycles. The first-order valence-corrected chi connectivity index (χ1v) is 11.3. The fraction of sp³-hybridized carbons (Fsp3) is 0.111. The van der Waals surface area contributed by atoms with Gasteiger partial charge < -0.3 is 8.83 Å². The highest BCUT2D eigenvalue weighted by molar-refractivity contribution is 6.03. The normalized spacial score (nSPS) is 15.4. The van der Waals surface area contributed by atoms with Crippen LogP contribution in [0.4, 0.5) is 4.39 Å². The number of halogens is 1. The highest BCUT2D eigenvalue weighted by Gasteiger charge is 2.36. The van der Waals surface area contributed by atoms with Crippen molar-refractivity contribution in [1.29, 1.82) is 0 Å². The minimum atomic E-state index is -0.513. The monoisotopic (exact) mass is 482 g/mol. The van der Waals surface area contributed by atoms with E-state index < -0.39 is 23.3 Å². The van der Waals surface area contributed by atoms with Gasteiger partial charge in [-0.15, -0.1) is 0 Å². The lowest BCUT2D eigenvalue weighted by atomic mass is 10.1. The number of hydrazone groups is 1. The molecule has 6 rings (SSSR count). The van der Waals surface area contributed by atoms with Crippen molar-refractivity contribution in [2.75, 3.05) is 0 Å². The average molecular weight is 482 g/mol. The van der Waals surface area contributed by atoms with Gasteiger partial charge in [0.2, 0.25) is 0 Å². The predicted octanol–water partition coefficient (Wildman–Crippen LogP) is 4.77. The summed E-state index contributed by atoms with van der Waals surface area (Å²) in [5.74, 6) is 0.167. The molecule has 0 spiro atoms. The molecular weight excluding hydrogens is 463 g/mol. The van der Waals surface area contributed by atoms with Crippen LogP contribution in [0.1, 0.15) is 24.0 Å². The summed E-state index contributed by atoms with van der Waals surface area (Å²) in [6.45, 7) is -0.380. The summed E-state index contributed by atoms with van der Waals surface area (Å²) in [5, 5.41) is 11.0. The lowest BCUT2D eigenvalue weighted by Gasteiger charge is -2.20. The molecule has 0 saturated heterocycles. The molecule has 178 valence electrons. The lowest BCUT2D eigenvalue weighted by molar-refractivity contribution is -0.134. The van der Waals surface area contributed by atoms with Gasteiger partial charge in [0.25, 0.3) is 11.5 Å². The molecule has 0 bridgehead atoms. The highest BCUT2D eigenvalue weighted by atomic mass is 19.1. The van der Waals surface area contributed by atoms with Gasteiger partial charge >= 0.3 is 0 Å². The first kappa shape index (κ1) is 21.7. The largest absolute Gasteiger partial charge is 0.467 e.